The van der Waals surface area contributed by atoms with Crippen molar-refractivity contribution in [3.05, 3.63) is 144 Å². The van der Waals surface area contributed by atoms with Crippen LogP contribution in [0.1, 0.15) is 30.5 Å². The summed E-state index contributed by atoms with van der Waals surface area (Å²) >= 11 is 0. The van der Waals surface area contributed by atoms with Gasteiger partial charge in [-0.3, -0.25) is 0 Å². The van der Waals surface area contributed by atoms with Crippen molar-refractivity contribution in [2.75, 3.05) is 0 Å². The fourth-order valence-corrected chi connectivity index (χ4v) is 7.78. The van der Waals surface area contributed by atoms with Crippen molar-refractivity contribution in [2.45, 2.75) is 26.2 Å². The number of benzene rings is 7. The van der Waals surface area contributed by atoms with Crippen molar-refractivity contribution in [2.24, 2.45) is 0 Å². The lowest BCUT2D eigenvalue weighted by atomic mass is 9.80. The number of fused-ring (bicyclic) bond motifs is 8. The molecule has 0 fully saturated rings. The number of hydrogen-bond acceptors (Lipinski definition) is 1. The van der Waals surface area contributed by atoms with Gasteiger partial charge in [-0.25, -0.2) is 0 Å². The van der Waals surface area contributed by atoms with Gasteiger partial charge in [-0.05, 0) is 67.9 Å². The highest BCUT2D eigenvalue weighted by atomic mass is 16.3. The molecule has 0 radical (unpaired) electrons. The highest BCUT2D eigenvalue weighted by Crippen LogP contribution is 2.54. The zero-order valence-electron chi connectivity index (χ0n) is 24.5. The molecular formula is C42H30O. The molecule has 7 aromatic carbocycles. The summed E-state index contributed by atoms with van der Waals surface area (Å²) in [5.41, 5.74) is 13.5. The van der Waals surface area contributed by atoms with Crippen LogP contribution in [-0.4, -0.2) is 0 Å². The number of aryl methyl sites for hydroxylation is 1. The van der Waals surface area contributed by atoms with E-state index < -0.39 is 0 Å². The molecule has 8 aromatic rings. The van der Waals surface area contributed by atoms with E-state index in [2.05, 4.69) is 142 Å². The first-order valence-electron chi connectivity index (χ1n) is 15.1. The van der Waals surface area contributed by atoms with Gasteiger partial charge in [0, 0.05) is 27.3 Å². The Morgan fingerprint density at radius 1 is 0.442 bits per heavy atom. The predicted molar refractivity (Wildman–Crippen MR) is 182 cm³/mol. The Hall–Kier alpha value is -5.14. The predicted octanol–water partition coefficient (Wildman–Crippen LogP) is 11.8. The van der Waals surface area contributed by atoms with Crippen molar-refractivity contribution in [3.63, 3.8) is 0 Å². The maximum Gasteiger partial charge on any atom is 0.143 e. The summed E-state index contributed by atoms with van der Waals surface area (Å²) in [4.78, 5) is 0. The van der Waals surface area contributed by atoms with Gasteiger partial charge in [-0.1, -0.05) is 141 Å². The van der Waals surface area contributed by atoms with Gasteiger partial charge in [-0.2, -0.15) is 0 Å². The van der Waals surface area contributed by atoms with Crippen LogP contribution in [0.25, 0.3) is 76.9 Å². The first kappa shape index (κ1) is 24.5. The highest BCUT2D eigenvalue weighted by molar-refractivity contribution is 6.25. The van der Waals surface area contributed by atoms with Gasteiger partial charge in [0.1, 0.15) is 11.2 Å². The first-order valence-corrected chi connectivity index (χ1v) is 15.1. The van der Waals surface area contributed by atoms with Crippen LogP contribution >= 0.6 is 0 Å². The molecule has 204 valence electrons. The molecule has 1 aliphatic rings. The van der Waals surface area contributed by atoms with E-state index in [1.807, 2.05) is 6.07 Å². The van der Waals surface area contributed by atoms with Gasteiger partial charge in [-0.15, -0.1) is 0 Å². The van der Waals surface area contributed by atoms with Crippen LogP contribution in [0.5, 0.6) is 0 Å². The zero-order valence-corrected chi connectivity index (χ0v) is 24.5. The lowest BCUT2D eigenvalue weighted by Gasteiger charge is -2.22. The number of rotatable bonds is 2. The van der Waals surface area contributed by atoms with E-state index in [0.717, 1.165) is 27.5 Å². The number of furan rings is 1. The van der Waals surface area contributed by atoms with Crippen LogP contribution in [0, 0.1) is 6.92 Å². The Morgan fingerprint density at radius 3 is 1.86 bits per heavy atom. The molecule has 9 rings (SSSR count). The molecule has 0 N–H and O–H groups in total. The second-order valence-electron chi connectivity index (χ2n) is 12.5. The summed E-state index contributed by atoms with van der Waals surface area (Å²) in [6.45, 7) is 6.92. The largest absolute Gasteiger partial charge is 0.455 e. The molecule has 43 heavy (non-hydrogen) atoms. The maximum atomic E-state index is 6.60. The van der Waals surface area contributed by atoms with E-state index in [0.29, 0.717) is 0 Å². The van der Waals surface area contributed by atoms with Gasteiger partial charge < -0.3 is 4.42 Å². The molecule has 0 spiro atoms. The van der Waals surface area contributed by atoms with E-state index >= 15 is 0 Å². The molecule has 0 atom stereocenters. The van der Waals surface area contributed by atoms with Crippen LogP contribution < -0.4 is 0 Å². The topological polar surface area (TPSA) is 13.1 Å². The molecule has 1 heterocycles. The third kappa shape index (κ3) is 3.28. The van der Waals surface area contributed by atoms with Gasteiger partial charge in [0.25, 0.3) is 0 Å². The third-order valence-electron chi connectivity index (χ3n) is 9.73. The summed E-state index contributed by atoms with van der Waals surface area (Å²) < 4.78 is 6.60. The van der Waals surface area contributed by atoms with E-state index in [4.69, 9.17) is 4.42 Å². The van der Waals surface area contributed by atoms with E-state index in [-0.39, 0.29) is 5.41 Å². The SMILES string of the molecule is Cc1ccc2c(-c3cccc4c3oc3ccccc34)c3ccccc3c(-c3cccc4c3-c3ccccc3C4(C)C)c2c1. The zero-order chi connectivity index (χ0) is 28.9. The Balaban J connectivity index is 1.46. The van der Waals surface area contributed by atoms with Crippen LogP contribution in [0.2, 0.25) is 0 Å². The Kier molecular flexibility index (Phi) is 4.94. The summed E-state index contributed by atoms with van der Waals surface area (Å²) in [5.74, 6) is 0. The molecule has 0 bridgehead atoms. The monoisotopic (exact) mass is 550 g/mol. The molecule has 1 nitrogen and oxygen atoms in total. The minimum atomic E-state index is -0.0552. The number of para-hydroxylation sites is 2. The van der Waals surface area contributed by atoms with Crippen molar-refractivity contribution < 1.29 is 4.42 Å². The van der Waals surface area contributed by atoms with E-state index in [9.17, 15) is 0 Å². The second kappa shape index (κ2) is 8.69. The van der Waals surface area contributed by atoms with Crippen molar-refractivity contribution in [3.8, 4) is 33.4 Å². The lowest BCUT2D eigenvalue weighted by molar-refractivity contribution is 0.660. The Bertz CT molecular complexity index is 2440. The average molecular weight is 551 g/mol. The van der Waals surface area contributed by atoms with Gasteiger partial charge in [0.2, 0.25) is 0 Å². The van der Waals surface area contributed by atoms with E-state index in [1.165, 1.54) is 66.1 Å². The first-order chi connectivity index (χ1) is 21.0. The Morgan fingerprint density at radius 2 is 1.02 bits per heavy atom. The van der Waals surface area contributed by atoms with Gasteiger partial charge in [0.05, 0.1) is 0 Å². The van der Waals surface area contributed by atoms with Crippen LogP contribution in [-0.2, 0) is 5.41 Å². The normalized spacial score (nSPS) is 13.7. The molecular weight excluding hydrogens is 520 g/mol. The Labute approximate surface area is 251 Å². The molecule has 1 heteroatoms. The van der Waals surface area contributed by atoms with Gasteiger partial charge >= 0.3 is 0 Å². The standard InChI is InChI=1S/C42H30O/c1-25-22-23-29-34(24-25)39(32-17-11-20-36-40(32)31-15-6-8-19-35(31)42(36,2)3)28-14-5-4-13-27(28)38(29)33-18-10-16-30-26-12-7-9-21-37(26)43-41(30)33/h4-24H,1-3H3. The molecule has 1 aliphatic carbocycles. The molecule has 0 saturated heterocycles. The summed E-state index contributed by atoms with van der Waals surface area (Å²) in [7, 11) is 0. The second-order valence-corrected chi connectivity index (χ2v) is 12.5. The minimum Gasteiger partial charge on any atom is -0.455 e. The quantitative estimate of drug-likeness (QED) is 0.195. The summed E-state index contributed by atoms with van der Waals surface area (Å²) in [5, 5.41) is 7.33. The molecule has 0 saturated carbocycles. The highest BCUT2D eigenvalue weighted by Gasteiger charge is 2.37. The van der Waals surface area contributed by atoms with Crippen molar-refractivity contribution in [1.82, 2.24) is 0 Å². The lowest BCUT2D eigenvalue weighted by Crippen LogP contribution is -2.14. The fourth-order valence-electron chi connectivity index (χ4n) is 7.78. The molecule has 0 amide bonds. The maximum absolute atomic E-state index is 6.60. The fraction of sp³-hybridized carbons (Fsp3) is 0.0952. The molecule has 1 aromatic heterocycles. The number of hydrogen-bond donors (Lipinski definition) is 0. The van der Waals surface area contributed by atoms with E-state index in [1.54, 1.807) is 0 Å². The molecule has 0 unspecified atom stereocenters. The van der Waals surface area contributed by atoms with Crippen molar-refractivity contribution in [1.29, 1.82) is 0 Å². The van der Waals surface area contributed by atoms with Crippen molar-refractivity contribution >= 4 is 43.5 Å². The minimum absolute atomic E-state index is 0.0552. The van der Waals surface area contributed by atoms with Crippen LogP contribution in [0.3, 0.4) is 0 Å². The van der Waals surface area contributed by atoms with Gasteiger partial charge in [0.15, 0.2) is 0 Å². The average Bonchev–Trinajstić information content (AvgIpc) is 3.53. The third-order valence-corrected chi connectivity index (χ3v) is 9.73. The summed E-state index contributed by atoms with van der Waals surface area (Å²) in [6.07, 6.45) is 0. The summed E-state index contributed by atoms with van der Waals surface area (Å²) in [6, 6.07) is 46.7. The van der Waals surface area contributed by atoms with Crippen LogP contribution in [0.15, 0.2) is 132 Å². The molecule has 0 aliphatic heterocycles. The smallest absolute Gasteiger partial charge is 0.143 e. The van der Waals surface area contributed by atoms with Crippen LogP contribution in [0.4, 0.5) is 0 Å².